The molecule has 0 bridgehead atoms. The zero-order valence-electron chi connectivity index (χ0n) is 11.8. The summed E-state index contributed by atoms with van der Waals surface area (Å²) in [5, 5.41) is 15.3. The van der Waals surface area contributed by atoms with Crippen molar-refractivity contribution in [3.63, 3.8) is 0 Å². The summed E-state index contributed by atoms with van der Waals surface area (Å²) >= 11 is 0. The number of carbonyl (C=O) groups excluding carboxylic acids is 1. The molecule has 0 fully saturated rings. The van der Waals surface area contributed by atoms with Gasteiger partial charge in [0.15, 0.2) is 0 Å². The third kappa shape index (κ3) is 6.82. The predicted molar refractivity (Wildman–Crippen MR) is 77.2 cm³/mol. The van der Waals surface area contributed by atoms with Crippen LogP contribution in [0.1, 0.15) is 32.3 Å². The molecule has 1 atom stereocenters. The first-order valence-corrected chi connectivity index (χ1v) is 6.89. The van der Waals surface area contributed by atoms with Gasteiger partial charge in [0.25, 0.3) is 0 Å². The van der Waals surface area contributed by atoms with Crippen LogP contribution in [0.2, 0.25) is 0 Å². The van der Waals surface area contributed by atoms with Crippen molar-refractivity contribution in [2.45, 2.75) is 39.2 Å². The Morgan fingerprint density at radius 2 is 2.00 bits per heavy atom. The summed E-state index contributed by atoms with van der Waals surface area (Å²) < 4.78 is 0. The first-order valence-electron chi connectivity index (χ1n) is 6.89. The number of hydrogen-bond acceptors (Lipinski definition) is 3. The molecule has 0 heterocycles. The largest absolute Gasteiger partial charge is 0.508 e. The SMILES string of the molecule is CCNC(=O)CCNC(C)CCc1ccc(O)cc1. The van der Waals surface area contributed by atoms with Crippen molar-refractivity contribution in [2.75, 3.05) is 13.1 Å². The van der Waals surface area contributed by atoms with Crippen LogP contribution in [0.15, 0.2) is 24.3 Å². The standard InChI is InChI=1S/C15H24N2O2/c1-3-16-15(19)10-11-17-12(2)4-5-13-6-8-14(18)9-7-13/h6-9,12,17-18H,3-5,10-11H2,1-2H3,(H,16,19). The topological polar surface area (TPSA) is 61.4 Å². The Labute approximate surface area is 115 Å². The molecule has 4 heteroatoms. The third-order valence-electron chi connectivity index (χ3n) is 3.02. The Bertz CT molecular complexity index is 376. The second-order valence-electron chi connectivity index (χ2n) is 4.76. The fraction of sp³-hybridized carbons (Fsp3) is 0.533. The lowest BCUT2D eigenvalue weighted by Crippen LogP contribution is -2.32. The predicted octanol–water partition coefficient (Wildman–Crippen LogP) is 1.83. The van der Waals surface area contributed by atoms with Gasteiger partial charge in [-0.05, 0) is 44.4 Å². The first kappa shape index (κ1) is 15.5. The molecule has 1 aromatic rings. The third-order valence-corrected chi connectivity index (χ3v) is 3.02. The Kier molecular flexibility index (Phi) is 6.97. The number of carbonyl (C=O) groups is 1. The van der Waals surface area contributed by atoms with Gasteiger partial charge in [-0.2, -0.15) is 0 Å². The van der Waals surface area contributed by atoms with Gasteiger partial charge in [0.2, 0.25) is 5.91 Å². The Morgan fingerprint density at radius 1 is 1.32 bits per heavy atom. The van der Waals surface area contributed by atoms with Gasteiger partial charge >= 0.3 is 0 Å². The zero-order chi connectivity index (χ0) is 14.1. The van der Waals surface area contributed by atoms with Gasteiger partial charge in [0.05, 0.1) is 0 Å². The van der Waals surface area contributed by atoms with E-state index in [0.29, 0.717) is 31.3 Å². The smallest absolute Gasteiger partial charge is 0.221 e. The van der Waals surface area contributed by atoms with Gasteiger partial charge < -0.3 is 15.7 Å². The van der Waals surface area contributed by atoms with Gasteiger partial charge in [-0.3, -0.25) is 4.79 Å². The minimum absolute atomic E-state index is 0.0979. The van der Waals surface area contributed by atoms with Crippen LogP contribution in [0.3, 0.4) is 0 Å². The van der Waals surface area contributed by atoms with Gasteiger partial charge in [0, 0.05) is 25.6 Å². The van der Waals surface area contributed by atoms with E-state index < -0.39 is 0 Å². The minimum Gasteiger partial charge on any atom is -0.508 e. The molecule has 4 nitrogen and oxygen atoms in total. The average Bonchev–Trinajstić information content (AvgIpc) is 2.38. The van der Waals surface area contributed by atoms with E-state index in [0.717, 1.165) is 12.8 Å². The molecule has 0 spiro atoms. The van der Waals surface area contributed by atoms with Gasteiger partial charge in [-0.1, -0.05) is 12.1 Å². The molecular weight excluding hydrogens is 240 g/mol. The number of rotatable bonds is 8. The van der Waals surface area contributed by atoms with Crippen LogP contribution in [0.5, 0.6) is 5.75 Å². The highest BCUT2D eigenvalue weighted by Gasteiger charge is 2.04. The lowest BCUT2D eigenvalue weighted by atomic mass is 10.1. The van der Waals surface area contributed by atoms with E-state index in [4.69, 9.17) is 0 Å². The van der Waals surface area contributed by atoms with Crippen LogP contribution in [0.4, 0.5) is 0 Å². The normalized spacial score (nSPS) is 12.1. The minimum atomic E-state index is 0.0979. The highest BCUT2D eigenvalue weighted by atomic mass is 16.3. The summed E-state index contributed by atoms with van der Waals surface area (Å²) in [6, 6.07) is 7.68. The number of phenolic OH excluding ortho intramolecular Hbond substituents is 1. The molecule has 19 heavy (non-hydrogen) atoms. The summed E-state index contributed by atoms with van der Waals surface area (Å²) in [6.07, 6.45) is 2.51. The van der Waals surface area contributed by atoms with Gasteiger partial charge in [-0.25, -0.2) is 0 Å². The van der Waals surface area contributed by atoms with E-state index in [1.165, 1.54) is 5.56 Å². The molecule has 0 aliphatic carbocycles. The fourth-order valence-electron chi connectivity index (χ4n) is 1.87. The molecule has 1 unspecified atom stereocenters. The van der Waals surface area contributed by atoms with Crippen molar-refractivity contribution in [1.82, 2.24) is 10.6 Å². The average molecular weight is 264 g/mol. The quantitative estimate of drug-likeness (QED) is 0.671. The maximum Gasteiger partial charge on any atom is 0.221 e. The van der Waals surface area contributed by atoms with Crippen molar-refractivity contribution < 1.29 is 9.90 Å². The number of phenols is 1. The molecule has 0 aromatic heterocycles. The van der Waals surface area contributed by atoms with Crippen LogP contribution < -0.4 is 10.6 Å². The van der Waals surface area contributed by atoms with E-state index in [2.05, 4.69) is 17.6 Å². The number of aryl methyl sites for hydroxylation is 1. The molecule has 0 saturated carbocycles. The summed E-state index contributed by atoms with van der Waals surface area (Å²) in [5.74, 6) is 0.401. The summed E-state index contributed by atoms with van der Waals surface area (Å²) in [6.45, 7) is 5.45. The van der Waals surface area contributed by atoms with Gasteiger partial charge in [0.1, 0.15) is 5.75 Å². The monoisotopic (exact) mass is 264 g/mol. The fourth-order valence-corrected chi connectivity index (χ4v) is 1.87. The highest BCUT2D eigenvalue weighted by molar-refractivity contribution is 5.75. The van der Waals surface area contributed by atoms with Crippen LogP contribution in [0, 0.1) is 0 Å². The van der Waals surface area contributed by atoms with Crippen LogP contribution >= 0.6 is 0 Å². The number of amides is 1. The molecule has 0 aliphatic rings. The molecule has 0 saturated heterocycles. The van der Waals surface area contributed by atoms with Crippen molar-refractivity contribution in [3.05, 3.63) is 29.8 Å². The van der Waals surface area contributed by atoms with Crippen molar-refractivity contribution in [2.24, 2.45) is 0 Å². The molecular formula is C15H24N2O2. The number of hydrogen-bond donors (Lipinski definition) is 3. The highest BCUT2D eigenvalue weighted by Crippen LogP contribution is 2.11. The Hall–Kier alpha value is -1.55. The number of aromatic hydroxyl groups is 1. The molecule has 1 rings (SSSR count). The Morgan fingerprint density at radius 3 is 2.63 bits per heavy atom. The van der Waals surface area contributed by atoms with E-state index in [-0.39, 0.29) is 5.91 Å². The summed E-state index contributed by atoms with van der Waals surface area (Å²) in [4.78, 5) is 11.3. The molecule has 0 aliphatic heterocycles. The van der Waals surface area contributed by atoms with Crippen LogP contribution in [-0.4, -0.2) is 30.1 Å². The van der Waals surface area contributed by atoms with Crippen molar-refractivity contribution in [3.8, 4) is 5.75 Å². The number of nitrogens with one attached hydrogen (secondary N) is 2. The lowest BCUT2D eigenvalue weighted by Gasteiger charge is -2.13. The van der Waals surface area contributed by atoms with E-state index in [9.17, 15) is 9.90 Å². The Balaban J connectivity index is 2.15. The lowest BCUT2D eigenvalue weighted by molar-refractivity contribution is -0.120. The van der Waals surface area contributed by atoms with E-state index in [1.54, 1.807) is 12.1 Å². The van der Waals surface area contributed by atoms with E-state index in [1.807, 2.05) is 19.1 Å². The number of benzene rings is 1. The van der Waals surface area contributed by atoms with E-state index >= 15 is 0 Å². The maximum atomic E-state index is 11.3. The van der Waals surface area contributed by atoms with Gasteiger partial charge in [-0.15, -0.1) is 0 Å². The molecule has 106 valence electrons. The molecule has 0 radical (unpaired) electrons. The second-order valence-corrected chi connectivity index (χ2v) is 4.76. The summed E-state index contributed by atoms with van der Waals surface area (Å²) in [5.41, 5.74) is 1.22. The van der Waals surface area contributed by atoms with Crippen molar-refractivity contribution in [1.29, 1.82) is 0 Å². The first-order chi connectivity index (χ1) is 9.11. The molecule has 1 amide bonds. The second kappa shape index (κ2) is 8.53. The molecule has 1 aromatic carbocycles. The molecule has 3 N–H and O–H groups in total. The maximum absolute atomic E-state index is 11.3. The van der Waals surface area contributed by atoms with Crippen molar-refractivity contribution >= 4 is 5.91 Å². The van der Waals surface area contributed by atoms with Crippen LogP contribution in [0.25, 0.3) is 0 Å². The zero-order valence-corrected chi connectivity index (χ0v) is 11.8. The summed E-state index contributed by atoms with van der Waals surface area (Å²) in [7, 11) is 0. The van der Waals surface area contributed by atoms with Crippen LogP contribution in [-0.2, 0) is 11.2 Å².